The van der Waals surface area contributed by atoms with E-state index in [1.54, 1.807) is 31.7 Å². The highest BCUT2D eigenvalue weighted by Gasteiger charge is 2.38. The molecule has 1 atom stereocenters. The molecule has 0 spiro atoms. The average Bonchev–Trinajstić information content (AvgIpc) is 2.52. The quantitative estimate of drug-likeness (QED) is 0.580. The number of nitro groups is 1. The predicted molar refractivity (Wildman–Crippen MR) is 97.4 cm³/mol. The van der Waals surface area contributed by atoms with Crippen LogP contribution in [0.15, 0.2) is 22.7 Å². The minimum absolute atomic E-state index is 0.0466. The van der Waals surface area contributed by atoms with Gasteiger partial charge in [-0.05, 0) is 42.8 Å². The van der Waals surface area contributed by atoms with E-state index < -0.39 is 28.6 Å². The summed E-state index contributed by atoms with van der Waals surface area (Å²) in [6.07, 6.45) is -0.674. The first kappa shape index (κ1) is 20.0. The van der Waals surface area contributed by atoms with Crippen molar-refractivity contribution >= 4 is 39.4 Å². The highest BCUT2D eigenvalue weighted by atomic mass is 79.9. The zero-order valence-corrected chi connectivity index (χ0v) is 16.2. The van der Waals surface area contributed by atoms with E-state index in [9.17, 15) is 24.8 Å². The number of aliphatic carboxylic acids is 1. The lowest BCUT2D eigenvalue weighted by Gasteiger charge is -2.40. The molecule has 10 heteroatoms. The molecule has 1 aliphatic rings. The maximum absolute atomic E-state index is 12.3. The van der Waals surface area contributed by atoms with Gasteiger partial charge in [0, 0.05) is 36.2 Å². The van der Waals surface area contributed by atoms with Crippen molar-refractivity contribution in [1.82, 2.24) is 4.90 Å². The molecule has 1 aliphatic heterocycles. The number of benzene rings is 1. The number of halogens is 1. The SMILES string of the molecule is CC(C)(C)OC(=O)N1CCN(c2ccc([N+](=O)[O-])cc2Br)C[C@H]1C(=O)O. The Morgan fingerprint density at radius 2 is 2.00 bits per heavy atom. The number of piperazine rings is 1. The Bertz CT molecular complexity index is 733. The van der Waals surface area contributed by atoms with E-state index in [1.807, 2.05) is 0 Å². The molecule has 0 unspecified atom stereocenters. The number of hydrogen-bond donors (Lipinski definition) is 1. The molecule has 1 saturated heterocycles. The van der Waals surface area contributed by atoms with Gasteiger partial charge in [0.15, 0.2) is 0 Å². The van der Waals surface area contributed by atoms with E-state index in [2.05, 4.69) is 15.9 Å². The number of carboxylic acid groups (broad SMARTS) is 1. The van der Waals surface area contributed by atoms with Gasteiger partial charge in [0.2, 0.25) is 0 Å². The summed E-state index contributed by atoms with van der Waals surface area (Å²) in [6.45, 7) is 5.72. The van der Waals surface area contributed by atoms with Crippen LogP contribution < -0.4 is 4.90 Å². The number of non-ortho nitro benzene ring substituents is 1. The van der Waals surface area contributed by atoms with Crippen LogP contribution in [0.1, 0.15) is 20.8 Å². The second-order valence-electron chi connectivity index (χ2n) is 6.87. The molecular formula is C16H20BrN3O6. The fourth-order valence-electron chi connectivity index (χ4n) is 2.62. The van der Waals surface area contributed by atoms with E-state index in [0.717, 1.165) is 0 Å². The molecule has 0 saturated carbocycles. The van der Waals surface area contributed by atoms with Gasteiger partial charge in [0.1, 0.15) is 11.6 Å². The molecular weight excluding hydrogens is 410 g/mol. The zero-order valence-electron chi connectivity index (χ0n) is 14.6. The number of carbonyl (C=O) groups is 2. The van der Waals surface area contributed by atoms with Crippen molar-refractivity contribution < 1.29 is 24.4 Å². The van der Waals surface area contributed by atoms with Crippen molar-refractivity contribution in [1.29, 1.82) is 0 Å². The van der Waals surface area contributed by atoms with Crippen molar-refractivity contribution in [2.24, 2.45) is 0 Å². The van der Waals surface area contributed by atoms with Crippen molar-refractivity contribution in [2.45, 2.75) is 32.4 Å². The maximum Gasteiger partial charge on any atom is 0.411 e. The molecule has 0 bridgehead atoms. The van der Waals surface area contributed by atoms with Gasteiger partial charge in [-0.25, -0.2) is 9.59 Å². The summed E-state index contributed by atoms with van der Waals surface area (Å²) in [5, 5.41) is 20.4. The number of carboxylic acids is 1. The molecule has 0 aliphatic carbocycles. The van der Waals surface area contributed by atoms with Gasteiger partial charge >= 0.3 is 12.1 Å². The van der Waals surface area contributed by atoms with E-state index >= 15 is 0 Å². The lowest BCUT2D eigenvalue weighted by atomic mass is 10.1. The fourth-order valence-corrected chi connectivity index (χ4v) is 3.24. The van der Waals surface area contributed by atoms with Crippen LogP contribution in [0.25, 0.3) is 0 Å². The number of carbonyl (C=O) groups excluding carboxylic acids is 1. The number of nitrogens with zero attached hydrogens (tertiary/aromatic N) is 3. The van der Waals surface area contributed by atoms with Crippen molar-refractivity contribution in [3.05, 3.63) is 32.8 Å². The monoisotopic (exact) mass is 429 g/mol. The molecule has 1 aromatic carbocycles. The number of hydrogen-bond acceptors (Lipinski definition) is 6. The van der Waals surface area contributed by atoms with Gasteiger partial charge in [0.25, 0.3) is 5.69 Å². The molecule has 9 nitrogen and oxygen atoms in total. The molecule has 2 rings (SSSR count). The van der Waals surface area contributed by atoms with Gasteiger partial charge in [-0.3, -0.25) is 15.0 Å². The molecule has 26 heavy (non-hydrogen) atoms. The Balaban J connectivity index is 2.21. The average molecular weight is 430 g/mol. The summed E-state index contributed by atoms with van der Waals surface area (Å²) in [5.74, 6) is -1.14. The third-order valence-corrected chi connectivity index (χ3v) is 4.41. The Morgan fingerprint density at radius 1 is 1.35 bits per heavy atom. The summed E-state index contributed by atoms with van der Waals surface area (Å²) >= 11 is 3.29. The molecule has 0 radical (unpaired) electrons. The smallest absolute Gasteiger partial charge is 0.411 e. The Morgan fingerprint density at radius 3 is 2.50 bits per heavy atom. The first-order valence-electron chi connectivity index (χ1n) is 7.91. The van der Waals surface area contributed by atoms with Crippen LogP contribution >= 0.6 is 15.9 Å². The predicted octanol–water partition coefficient (Wildman–Crippen LogP) is 2.87. The van der Waals surface area contributed by atoms with Crippen LogP contribution in [0.4, 0.5) is 16.2 Å². The van der Waals surface area contributed by atoms with Crippen LogP contribution in [0, 0.1) is 10.1 Å². The summed E-state index contributed by atoms with van der Waals surface area (Å²) in [6, 6.07) is 3.20. The Kier molecular flexibility index (Phi) is 5.74. The number of nitro benzene ring substituents is 1. The minimum Gasteiger partial charge on any atom is -0.480 e. The highest BCUT2D eigenvalue weighted by molar-refractivity contribution is 9.10. The van der Waals surface area contributed by atoms with Gasteiger partial charge in [-0.2, -0.15) is 0 Å². The number of anilines is 1. The van der Waals surface area contributed by atoms with E-state index in [-0.39, 0.29) is 18.8 Å². The van der Waals surface area contributed by atoms with Gasteiger partial charge in [-0.1, -0.05) is 0 Å². The molecule has 1 N–H and O–H groups in total. The maximum atomic E-state index is 12.3. The van der Waals surface area contributed by atoms with E-state index in [1.165, 1.54) is 17.0 Å². The summed E-state index contributed by atoms with van der Waals surface area (Å²) in [7, 11) is 0. The van der Waals surface area contributed by atoms with Crippen molar-refractivity contribution in [3.63, 3.8) is 0 Å². The second kappa shape index (κ2) is 7.48. The first-order valence-corrected chi connectivity index (χ1v) is 8.70. The van der Waals surface area contributed by atoms with Crippen LogP contribution in [-0.2, 0) is 9.53 Å². The first-order chi connectivity index (χ1) is 12.0. The molecule has 0 aromatic heterocycles. The second-order valence-corrected chi connectivity index (χ2v) is 7.72. The number of ether oxygens (including phenoxy) is 1. The van der Waals surface area contributed by atoms with Crippen LogP contribution in [0.5, 0.6) is 0 Å². The number of rotatable bonds is 3. The molecule has 1 aromatic rings. The van der Waals surface area contributed by atoms with Gasteiger partial charge in [0.05, 0.1) is 10.6 Å². The summed E-state index contributed by atoms with van der Waals surface area (Å²) in [4.78, 5) is 37.3. The van der Waals surface area contributed by atoms with Gasteiger partial charge in [-0.15, -0.1) is 0 Å². The zero-order chi connectivity index (χ0) is 19.6. The summed E-state index contributed by atoms with van der Waals surface area (Å²) < 4.78 is 5.77. The largest absolute Gasteiger partial charge is 0.480 e. The van der Waals surface area contributed by atoms with Crippen LogP contribution in [0.3, 0.4) is 0 Å². The van der Waals surface area contributed by atoms with Crippen LogP contribution in [0.2, 0.25) is 0 Å². The Hall–Kier alpha value is -2.36. The lowest BCUT2D eigenvalue weighted by Crippen LogP contribution is -2.59. The topological polar surface area (TPSA) is 113 Å². The molecule has 1 fully saturated rings. The van der Waals surface area contributed by atoms with Gasteiger partial charge < -0.3 is 14.7 Å². The summed E-state index contributed by atoms with van der Waals surface area (Å²) in [5.41, 5.74) is -0.160. The Labute approximate surface area is 158 Å². The normalized spacial score (nSPS) is 17.8. The van der Waals surface area contributed by atoms with E-state index in [0.29, 0.717) is 16.7 Å². The standard InChI is InChI=1S/C16H20BrN3O6/c1-16(2,3)26-15(23)19-7-6-18(9-13(19)14(21)22)12-5-4-10(20(24)25)8-11(12)17/h4-5,8,13H,6-7,9H2,1-3H3,(H,21,22)/t13-/m0/s1. The minimum atomic E-state index is -1.14. The van der Waals surface area contributed by atoms with Crippen molar-refractivity contribution in [3.8, 4) is 0 Å². The number of amides is 1. The van der Waals surface area contributed by atoms with Crippen LogP contribution in [-0.4, -0.2) is 58.3 Å². The molecule has 142 valence electrons. The molecule has 1 heterocycles. The lowest BCUT2D eigenvalue weighted by molar-refractivity contribution is -0.384. The third-order valence-electron chi connectivity index (χ3n) is 3.78. The van der Waals surface area contributed by atoms with E-state index in [4.69, 9.17) is 4.74 Å². The highest BCUT2D eigenvalue weighted by Crippen LogP contribution is 2.32. The molecule has 1 amide bonds. The fraction of sp³-hybridized carbons (Fsp3) is 0.500. The third kappa shape index (κ3) is 4.63. The van der Waals surface area contributed by atoms with Crippen molar-refractivity contribution in [2.75, 3.05) is 24.5 Å².